The molecule has 0 aromatic heterocycles. The van der Waals surface area contributed by atoms with E-state index in [4.69, 9.17) is 0 Å². The predicted molar refractivity (Wildman–Crippen MR) is 215 cm³/mol. The van der Waals surface area contributed by atoms with E-state index in [9.17, 15) is 29.4 Å². The van der Waals surface area contributed by atoms with Crippen molar-refractivity contribution in [1.29, 1.82) is 0 Å². The first-order valence-electron chi connectivity index (χ1n) is 20.5. The van der Waals surface area contributed by atoms with Gasteiger partial charge in [-0.1, -0.05) is 216 Å². The van der Waals surface area contributed by atoms with Gasteiger partial charge >= 0.3 is 21.7 Å². The van der Waals surface area contributed by atoms with E-state index < -0.39 is 0 Å². The Morgan fingerprint density at radius 1 is 0.396 bits per heavy atom. The molecule has 0 heterocycles. The van der Waals surface area contributed by atoms with Crippen LogP contribution in [0.5, 0.6) is 0 Å². The van der Waals surface area contributed by atoms with Crippen molar-refractivity contribution < 1.29 is 51.1 Å². The molecule has 53 heavy (non-hydrogen) atoms. The van der Waals surface area contributed by atoms with Gasteiger partial charge in [0.25, 0.3) is 0 Å². The fourth-order valence-electron chi connectivity index (χ4n) is 5.44. The van der Waals surface area contributed by atoms with Crippen LogP contribution in [0.2, 0.25) is 0 Å². The molecule has 0 amide bonds. The van der Waals surface area contributed by atoms with E-state index in [2.05, 4.69) is 13.8 Å². The van der Waals surface area contributed by atoms with Crippen molar-refractivity contribution in [3.63, 3.8) is 0 Å². The maximum atomic E-state index is 11.2. The van der Waals surface area contributed by atoms with Gasteiger partial charge in [0.2, 0.25) is 0 Å². The average molecular weight is 771 g/mol. The Morgan fingerprint density at radius 3 is 0.830 bits per heavy atom. The van der Waals surface area contributed by atoms with Gasteiger partial charge < -0.3 is 10.2 Å². The molecule has 0 atom stereocenters. The molecule has 296 valence electrons. The number of carbonyl (C=O) groups is 4. The number of Topliss-reactive ketones (excluding diaryl/α,β-unsaturated/α-hetero) is 4. The monoisotopic (exact) mass is 770 g/mol. The van der Waals surface area contributed by atoms with Gasteiger partial charge in [0.15, 0.2) is 11.6 Å². The maximum Gasteiger partial charge on any atom is 4.00 e. The van der Waals surface area contributed by atoms with Gasteiger partial charge in [0.05, 0.1) is 12.8 Å². The summed E-state index contributed by atoms with van der Waals surface area (Å²) in [6, 6.07) is 17.7. The maximum absolute atomic E-state index is 11.2. The second-order valence-electron chi connectivity index (χ2n) is 13.8. The van der Waals surface area contributed by atoms with E-state index >= 15 is 0 Å². The molecule has 0 saturated carbocycles. The van der Waals surface area contributed by atoms with Crippen molar-refractivity contribution in [2.75, 3.05) is 13.2 Å². The largest absolute Gasteiger partial charge is 4.00 e. The molecule has 0 saturated heterocycles. The third-order valence-electron chi connectivity index (χ3n) is 8.51. The molecule has 7 heteroatoms. The number of hydrogen-bond acceptors (Lipinski definition) is 6. The van der Waals surface area contributed by atoms with Crippen LogP contribution < -0.4 is 10.2 Å². The van der Waals surface area contributed by atoms with Crippen LogP contribution in [0.3, 0.4) is 0 Å². The molecule has 0 N–H and O–H groups in total. The zero-order valence-electron chi connectivity index (χ0n) is 34.1. The topological polar surface area (TPSA) is 114 Å². The molecule has 0 unspecified atom stereocenters. The Morgan fingerprint density at radius 2 is 0.623 bits per heavy atom. The molecule has 0 bridgehead atoms. The normalized spacial score (nSPS) is 9.92. The number of carbonyl (C=O) groups excluding carboxylic acids is 4. The van der Waals surface area contributed by atoms with E-state index in [1.54, 1.807) is 48.5 Å². The third-order valence-corrected chi connectivity index (χ3v) is 8.51. The molecule has 0 radical (unpaired) electrons. The molecule has 2 rings (SSSR count). The number of rotatable bonds is 28. The first kappa shape index (κ1) is 55.1. The zero-order chi connectivity index (χ0) is 38.9. The van der Waals surface area contributed by atoms with Crippen molar-refractivity contribution in [2.24, 2.45) is 0 Å². The first-order chi connectivity index (χ1) is 25.2. The average Bonchev–Trinajstić information content (AvgIpc) is 3.14. The van der Waals surface area contributed by atoms with Crippen molar-refractivity contribution in [3.8, 4) is 0 Å². The van der Waals surface area contributed by atoms with Crippen LogP contribution in [-0.4, -0.2) is 36.3 Å². The minimum Gasteiger partial charge on any atom is -0.854 e. The first-order valence-corrected chi connectivity index (χ1v) is 20.5. The van der Waals surface area contributed by atoms with Crippen LogP contribution in [-0.2, 0) is 31.3 Å². The predicted octanol–water partition coefficient (Wildman–Crippen LogP) is 11.0. The van der Waals surface area contributed by atoms with E-state index in [0.717, 1.165) is 25.7 Å². The Bertz CT molecular complexity index is 978. The van der Waals surface area contributed by atoms with Gasteiger partial charge in [-0.15, -0.1) is 13.2 Å². The standard InChI is InChI=1S/2C13H27O.2C10H10O2.Ti/c2*1-2-3-4-5-6-7-8-9-10-11-12-13-14;2*1-8(11)7-10(12)9-5-3-2-4-6-9;/h2*2-13H2,1H3;2*2-6H,7H2,1H3;/q2*-1;;;+4. The van der Waals surface area contributed by atoms with E-state index in [1.807, 2.05) is 12.1 Å². The van der Waals surface area contributed by atoms with Crippen LogP contribution in [0.15, 0.2) is 60.7 Å². The quantitative estimate of drug-likeness (QED) is 0.0368. The summed E-state index contributed by atoms with van der Waals surface area (Å²) >= 11 is 0. The van der Waals surface area contributed by atoms with Crippen molar-refractivity contribution in [1.82, 2.24) is 0 Å². The minimum atomic E-state index is -0.108. The van der Waals surface area contributed by atoms with Gasteiger partial charge in [0, 0.05) is 11.1 Å². The van der Waals surface area contributed by atoms with Crippen LogP contribution in [0.4, 0.5) is 0 Å². The minimum absolute atomic E-state index is 0. The molecule has 0 fully saturated rings. The van der Waals surface area contributed by atoms with E-state index in [-0.39, 0.29) is 70.9 Å². The van der Waals surface area contributed by atoms with Crippen LogP contribution in [0.25, 0.3) is 0 Å². The van der Waals surface area contributed by atoms with Crippen molar-refractivity contribution in [2.45, 2.75) is 182 Å². The van der Waals surface area contributed by atoms with Gasteiger partial charge in [-0.05, 0) is 13.8 Å². The molecule has 0 spiro atoms. The summed E-state index contributed by atoms with van der Waals surface area (Å²) in [6.45, 7) is 7.60. The van der Waals surface area contributed by atoms with Gasteiger partial charge in [-0.25, -0.2) is 0 Å². The van der Waals surface area contributed by atoms with Crippen LogP contribution in [0, 0.1) is 0 Å². The zero-order valence-corrected chi connectivity index (χ0v) is 35.7. The summed E-state index contributed by atoms with van der Waals surface area (Å²) in [5.41, 5.74) is 1.21. The van der Waals surface area contributed by atoms with Crippen LogP contribution in [0.1, 0.15) is 203 Å². The van der Waals surface area contributed by atoms with Crippen molar-refractivity contribution >= 4 is 23.1 Å². The summed E-state index contributed by atoms with van der Waals surface area (Å²) in [5, 5.41) is 20.3. The fourth-order valence-corrected chi connectivity index (χ4v) is 5.44. The summed E-state index contributed by atoms with van der Waals surface area (Å²) in [7, 11) is 0. The second kappa shape index (κ2) is 44.2. The third kappa shape index (κ3) is 42.4. The fraction of sp³-hybridized carbons (Fsp3) is 0.652. The molecule has 2 aromatic rings. The molecule has 0 aliphatic heterocycles. The Labute approximate surface area is 339 Å². The molecular formula is C46H74O6Ti+2. The summed E-state index contributed by atoms with van der Waals surface area (Å²) < 4.78 is 0. The SMILES string of the molecule is CC(=O)CC(=O)c1ccccc1.CC(=O)CC(=O)c1ccccc1.CCCCCCCCCCCCC[O-].CCCCCCCCCCCCC[O-].[Ti+4]. The smallest absolute Gasteiger partial charge is 0.854 e. The number of unbranched alkanes of at least 4 members (excludes halogenated alkanes) is 20. The summed E-state index contributed by atoms with van der Waals surface area (Å²) in [4.78, 5) is 43.7. The van der Waals surface area contributed by atoms with Gasteiger partial charge in [0.1, 0.15) is 11.6 Å². The summed E-state index contributed by atoms with van der Waals surface area (Å²) in [6.07, 6.45) is 28.9. The van der Waals surface area contributed by atoms with Crippen molar-refractivity contribution in [3.05, 3.63) is 71.8 Å². The molecule has 6 nitrogen and oxygen atoms in total. The number of ketones is 4. The molecular weight excluding hydrogens is 696 g/mol. The number of hydrogen-bond donors (Lipinski definition) is 0. The van der Waals surface area contributed by atoms with E-state index in [1.165, 1.54) is 129 Å². The Kier molecular flexibility index (Phi) is 45.9. The Hall–Kier alpha value is -2.25. The number of benzene rings is 2. The van der Waals surface area contributed by atoms with Crippen LogP contribution >= 0.6 is 0 Å². The molecule has 0 aliphatic carbocycles. The molecule has 0 aliphatic rings. The van der Waals surface area contributed by atoms with Gasteiger partial charge in [-0.3, -0.25) is 19.2 Å². The van der Waals surface area contributed by atoms with Gasteiger partial charge in [-0.2, -0.15) is 0 Å². The van der Waals surface area contributed by atoms with E-state index in [0.29, 0.717) is 11.1 Å². The Balaban J connectivity index is -0.000000626. The second-order valence-corrected chi connectivity index (χ2v) is 13.8. The summed E-state index contributed by atoms with van der Waals surface area (Å²) in [5.74, 6) is -0.404. The molecule has 2 aromatic carbocycles.